The van der Waals surface area contributed by atoms with Crippen LogP contribution in [-0.4, -0.2) is 23.7 Å². The van der Waals surface area contributed by atoms with Crippen LogP contribution in [0.4, 0.5) is 4.79 Å². The average Bonchev–Trinajstić information content (AvgIpc) is 2.60. The number of halogens is 1. The molecule has 2 aromatic carbocycles. The van der Waals surface area contributed by atoms with Gasteiger partial charge in [-0.05, 0) is 44.0 Å². The maximum absolute atomic E-state index is 12.6. The van der Waals surface area contributed by atoms with E-state index in [1.165, 1.54) is 0 Å². The minimum Gasteiger partial charge on any atom is -0.459 e. The second kappa shape index (κ2) is 9.42. The van der Waals surface area contributed by atoms with E-state index in [0.29, 0.717) is 5.02 Å². The van der Waals surface area contributed by atoms with Crippen molar-refractivity contribution in [1.82, 2.24) is 5.32 Å². The van der Waals surface area contributed by atoms with Gasteiger partial charge < -0.3 is 14.8 Å². The number of carbonyl (C=O) groups excluding carboxylic acids is 2. The molecular weight excluding hydrogens is 366 g/mol. The van der Waals surface area contributed by atoms with Gasteiger partial charge in [0, 0.05) is 11.4 Å². The lowest BCUT2D eigenvalue weighted by molar-refractivity contribution is -0.147. The van der Waals surface area contributed by atoms with E-state index in [0.717, 1.165) is 11.1 Å². The van der Waals surface area contributed by atoms with E-state index in [2.05, 4.69) is 5.32 Å². The van der Waals surface area contributed by atoms with Gasteiger partial charge in [-0.2, -0.15) is 0 Å². The summed E-state index contributed by atoms with van der Waals surface area (Å²) in [6.45, 7) is 5.41. The van der Waals surface area contributed by atoms with E-state index in [1.807, 2.05) is 30.3 Å². The number of hydrogen-bond donors (Lipinski definition) is 1. The molecule has 0 bridgehead atoms. The van der Waals surface area contributed by atoms with Gasteiger partial charge in [-0.3, -0.25) is 0 Å². The fraction of sp³-hybridized carbons (Fsp3) is 0.333. The smallest absolute Gasteiger partial charge is 0.408 e. The Morgan fingerprint density at radius 2 is 1.63 bits per heavy atom. The van der Waals surface area contributed by atoms with Gasteiger partial charge in [0.15, 0.2) is 0 Å². The van der Waals surface area contributed by atoms with Gasteiger partial charge in [-0.1, -0.05) is 54.1 Å². The molecule has 5 nitrogen and oxygen atoms in total. The van der Waals surface area contributed by atoms with Gasteiger partial charge in [-0.25, -0.2) is 9.59 Å². The maximum Gasteiger partial charge on any atom is 0.408 e. The highest BCUT2D eigenvalue weighted by molar-refractivity contribution is 6.30. The monoisotopic (exact) mass is 389 g/mol. The Kier molecular flexibility index (Phi) is 7.25. The third kappa shape index (κ3) is 7.71. The minimum absolute atomic E-state index is 0.132. The molecule has 2 aromatic rings. The zero-order valence-corrected chi connectivity index (χ0v) is 16.5. The first-order chi connectivity index (χ1) is 12.7. The molecule has 0 aromatic heterocycles. The maximum atomic E-state index is 12.6. The molecule has 1 amide bonds. The highest BCUT2D eigenvalue weighted by atomic mass is 35.5. The molecule has 1 N–H and O–H groups in total. The van der Waals surface area contributed by atoms with E-state index < -0.39 is 23.7 Å². The van der Waals surface area contributed by atoms with E-state index in [9.17, 15) is 9.59 Å². The van der Waals surface area contributed by atoms with Crippen molar-refractivity contribution in [2.24, 2.45) is 0 Å². The first-order valence-corrected chi connectivity index (χ1v) is 9.05. The van der Waals surface area contributed by atoms with Gasteiger partial charge in [0.2, 0.25) is 0 Å². The molecule has 0 radical (unpaired) electrons. The van der Waals surface area contributed by atoms with Crippen LogP contribution < -0.4 is 5.32 Å². The Balaban J connectivity index is 2.06. The van der Waals surface area contributed by atoms with Crippen LogP contribution in [0.1, 0.15) is 31.9 Å². The molecule has 1 atom stereocenters. The first-order valence-electron chi connectivity index (χ1n) is 8.67. The Bertz CT molecular complexity index is 754. The van der Waals surface area contributed by atoms with Crippen molar-refractivity contribution in [3.8, 4) is 0 Å². The zero-order valence-electron chi connectivity index (χ0n) is 15.7. The topological polar surface area (TPSA) is 64.6 Å². The van der Waals surface area contributed by atoms with Crippen molar-refractivity contribution < 1.29 is 19.1 Å². The lowest BCUT2D eigenvalue weighted by atomic mass is 10.1. The summed E-state index contributed by atoms with van der Waals surface area (Å²) in [6.07, 6.45) is -0.401. The largest absolute Gasteiger partial charge is 0.459 e. The zero-order chi connectivity index (χ0) is 19.9. The van der Waals surface area contributed by atoms with Crippen molar-refractivity contribution >= 4 is 23.7 Å². The predicted octanol–water partition coefficient (Wildman–Crippen LogP) is 4.52. The Morgan fingerprint density at radius 1 is 1.00 bits per heavy atom. The van der Waals surface area contributed by atoms with Crippen molar-refractivity contribution in [1.29, 1.82) is 0 Å². The third-order valence-corrected chi connectivity index (χ3v) is 3.80. The SMILES string of the molecule is CC(C)(C)OC(=O)N[C@@H](Cc1ccc(Cl)cc1)C(=O)OCc1ccccc1. The number of alkyl carbamates (subject to hydrolysis) is 1. The molecule has 2 rings (SSSR count). The van der Waals surface area contributed by atoms with Crippen molar-refractivity contribution in [3.05, 3.63) is 70.7 Å². The van der Waals surface area contributed by atoms with Crippen LogP contribution in [0.25, 0.3) is 0 Å². The van der Waals surface area contributed by atoms with Gasteiger partial charge in [0.25, 0.3) is 0 Å². The molecule has 0 unspecified atom stereocenters. The van der Waals surface area contributed by atoms with Crippen LogP contribution in [0.15, 0.2) is 54.6 Å². The fourth-order valence-electron chi connectivity index (χ4n) is 2.33. The number of ether oxygens (including phenoxy) is 2. The Morgan fingerprint density at radius 3 is 2.22 bits per heavy atom. The Hall–Kier alpha value is -2.53. The molecule has 0 heterocycles. The minimum atomic E-state index is -0.871. The van der Waals surface area contributed by atoms with Crippen molar-refractivity contribution in [2.45, 2.75) is 45.4 Å². The van der Waals surface area contributed by atoms with E-state index in [-0.39, 0.29) is 13.0 Å². The second-order valence-corrected chi connectivity index (χ2v) is 7.56. The van der Waals surface area contributed by atoms with E-state index in [1.54, 1.807) is 45.0 Å². The van der Waals surface area contributed by atoms with Gasteiger partial charge >= 0.3 is 12.1 Å². The molecule has 0 aliphatic heterocycles. The number of nitrogens with one attached hydrogen (secondary N) is 1. The molecule has 0 saturated heterocycles. The average molecular weight is 390 g/mol. The molecule has 0 aliphatic carbocycles. The van der Waals surface area contributed by atoms with Crippen LogP contribution in [0.3, 0.4) is 0 Å². The number of benzene rings is 2. The summed E-state index contributed by atoms with van der Waals surface area (Å²) < 4.78 is 10.6. The number of amides is 1. The van der Waals surface area contributed by atoms with Gasteiger partial charge in [-0.15, -0.1) is 0 Å². The van der Waals surface area contributed by atoms with Crippen LogP contribution in [0.5, 0.6) is 0 Å². The predicted molar refractivity (Wildman–Crippen MR) is 105 cm³/mol. The van der Waals surface area contributed by atoms with Gasteiger partial charge in [0.1, 0.15) is 18.2 Å². The summed E-state index contributed by atoms with van der Waals surface area (Å²) >= 11 is 5.90. The summed E-state index contributed by atoms with van der Waals surface area (Å²) in [5, 5.41) is 3.20. The fourth-order valence-corrected chi connectivity index (χ4v) is 2.45. The summed E-state index contributed by atoms with van der Waals surface area (Å²) in [5.74, 6) is -0.528. The standard InChI is InChI=1S/C21H24ClNO4/c1-21(2,3)27-20(25)23-18(13-15-9-11-17(22)12-10-15)19(24)26-14-16-7-5-4-6-8-16/h4-12,18H,13-14H2,1-3H3,(H,23,25)/t18-/m0/s1. The number of esters is 1. The molecular formula is C21H24ClNO4. The highest BCUT2D eigenvalue weighted by Gasteiger charge is 2.26. The quantitative estimate of drug-likeness (QED) is 0.738. The second-order valence-electron chi connectivity index (χ2n) is 7.12. The van der Waals surface area contributed by atoms with Crippen LogP contribution in [-0.2, 0) is 27.3 Å². The summed E-state index contributed by atoms with van der Waals surface area (Å²) in [6, 6.07) is 15.6. The summed E-state index contributed by atoms with van der Waals surface area (Å²) in [7, 11) is 0. The molecule has 27 heavy (non-hydrogen) atoms. The van der Waals surface area contributed by atoms with Crippen LogP contribution in [0.2, 0.25) is 5.02 Å². The number of hydrogen-bond acceptors (Lipinski definition) is 4. The summed E-state index contributed by atoms with van der Waals surface area (Å²) in [4.78, 5) is 24.7. The molecule has 0 aliphatic rings. The molecule has 0 fully saturated rings. The lowest BCUT2D eigenvalue weighted by Gasteiger charge is -2.23. The first kappa shape index (κ1) is 20.8. The van der Waals surface area contributed by atoms with Crippen LogP contribution >= 0.6 is 11.6 Å². The van der Waals surface area contributed by atoms with Crippen molar-refractivity contribution in [3.63, 3.8) is 0 Å². The highest BCUT2D eigenvalue weighted by Crippen LogP contribution is 2.13. The van der Waals surface area contributed by atoms with E-state index >= 15 is 0 Å². The third-order valence-electron chi connectivity index (χ3n) is 3.55. The normalized spacial score (nSPS) is 12.1. The van der Waals surface area contributed by atoms with Crippen molar-refractivity contribution in [2.75, 3.05) is 0 Å². The number of carbonyl (C=O) groups is 2. The number of rotatable bonds is 6. The summed E-state index contributed by atoms with van der Waals surface area (Å²) in [5.41, 5.74) is 1.05. The van der Waals surface area contributed by atoms with E-state index in [4.69, 9.17) is 21.1 Å². The Labute approximate surface area is 164 Å². The van der Waals surface area contributed by atoms with Gasteiger partial charge in [0.05, 0.1) is 0 Å². The molecule has 0 saturated carbocycles. The molecule has 0 spiro atoms. The molecule has 6 heteroatoms. The lowest BCUT2D eigenvalue weighted by Crippen LogP contribution is -2.45. The molecule has 144 valence electrons. The van der Waals surface area contributed by atoms with Crippen LogP contribution in [0, 0.1) is 0 Å².